The van der Waals surface area contributed by atoms with E-state index in [9.17, 15) is 9.59 Å². The van der Waals surface area contributed by atoms with Crippen LogP contribution in [-0.4, -0.2) is 32.6 Å². The number of aromatic amines is 1. The summed E-state index contributed by atoms with van der Waals surface area (Å²) in [7, 11) is 0. The van der Waals surface area contributed by atoms with Crippen molar-refractivity contribution in [1.82, 2.24) is 15.0 Å². The number of aromatic carboxylic acids is 1. The molecule has 2 aromatic heterocycles. The number of pyridine rings is 1. The number of hydrogen-bond donors (Lipinski definition) is 3. The summed E-state index contributed by atoms with van der Waals surface area (Å²) in [6.07, 6.45) is 5.19. The first-order chi connectivity index (χ1) is 9.16. The van der Waals surface area contributed by atoms with Crippen molar-refractivity contribution in [2.75, 3.05) is 11.9 Å². The van der Waals surface area contributed by atoms with Crippen molar-refractivity contribution in [2.45, 2.75) is 6.42 Å². The zero-order chi connectivity index (χ0) is 13.7. The van der Waals surface area contributed by atoms with Gasteiger partial charge in [-0.2, -0.15) is 0 Å². The van der Waals surface area contributed by atoms with Crippen molar-refractivity contribution in [3.8, 4) is 0 Å². The van der Waals surface area contributed by atoms with E-state index >= 15 is 0 Å². The summed E-state index contributed by atoms with van der Waals surface area (Å²) in [5, 5.41) is 11.6. The van der Waals surface area contributed by atoms with Crippen LogP contribution in [0, 0.1) is 0 Å². The highest BCUT2D eigenvalue weighted by Crippen LogP contribution is 1.99. The average Bonchev–Trinajstić information content (AvgIpc) is 2.39. The minimum atomic E-state index is -1.29. The lowest BCUT2D eigenvalue weighted by Crippen LogP contribution is -2.20. The number of nitrogens with zero attached hydrogens (tertiary/aromatic N) is 2. The van der Waals surface area contributed by atoms with Gasteiger partial charge in [0.05, 0.1) is 6.20 Å². The van der Waals surface area contributed by atoms with Crippen molar-refractivity contribution in [2.24, 2.45) is 0 Å². The molecule has 0 atom stereocenters. The first-order valence-corrected chi connectivity index (χ1v) is 5.62. The topological polar surface area (TPSA) is 108 Å². The summed E-state index contributed by atoms with van der Waals surface area (Å²) < 4.78 is 0. The molecule has 19 heavy (non-hydrogen) atoms. The Labute approximate surface area is 108 Å². The Bertz CT molecular complexity index is 624. The molecule has 3 N–H and O–H groups in total. The number of anilines is 1. The number of hydrogen-bond acceptors (Lipinski definition) is 5. The Morgan fingerprint density at radius 2 is 2.11 bits per heavy atom. The van der Waals surface area contributed by atoms with Crippen molar-refractivity contribution >= 4 is 11.9 Å². The van der Waals surface area contributed by atoms with Crippen LogP contribution in [0.3, 0.4) is 0 Å². The van der Waals surface area contributed by atoms with E-state index < -0.39 is 11.5 Å². The van der Waals surface area contributed by atoms with Gasteiger partial charge in [0.1, 0.15) is 5.56 Å². The van der Waals surface area contributed by atoms with E-state index in [1.165, 1.54) is 0 Å². The van der Waals surface area contributed by atoms with E-state index in [0.717, 1.165) is 18.2 Å². The smallest absolute Gasteiger partial charge is 0.342 e. The third-order valence-electron chi connectivity index (χ3n) is 2.49. The van der Waals surface area contributed by atoms with Gasteiger partial charge in [-0.1, -0.05) is 0 Å². The second-order valence-corrected chi connectivity index (χ2v) is 3.81. The van der Waals surface area contributed by atoms with Crippen LogP contribution in [0.4, 0.5) is 5.95 Å². The fourth-order valence-corrected chi connectivity index (χ4v) is 1.51. The lowest BCUT2D eigenvalue weighted by Gasteiger charge is -2.05. The summed E-state index contributed by atoms with van der Waals surface area (Å²) in [6, 6.07) is 3.79. The molecule has 0 aliphatic carbocycles. The Hall–Kier alpha value is -2.70. The number of nitrogens with one attached hydrogen (secondary N) is 2. The number of carbonyl (C=O) groups is 1. The summed E-state index contributed by atoms with van der Waals surface area (Å²) in [6.45, 7) is 0.569. The van der Waals surface area contributed by atoms with Gasteiger partial charge < -0.3 is 10.4 Å². The maximum Gasteiger partial charge on any atom is 0.342 e. The van der Waals surface area contributed by atoms with Crippen molar-refractivity contribution in [1.29, 1.82) is 0 Å². The largest absolute Gasteiger partial charge is 0.477 e. The van der Waals surface area contributed by atoms with Gasteiger partial charge in [0.15, 0.2) is 0 Å². The van der Waals surface area contributed by atoms with Crippen LogP contribution in [0.15, 0.2) is 35.5 Å². The number of H-pyrrole nitrogens is 1. The molecule has 0 aliphatic heterocycles. The molecular weight excluding hydrogens is 248 g/mol. The van der Waals surface area contributed by atoms with Gasteiger partial charge in [-0.3, -0.25) is 14.8 Å². The van der Waals surface area contributed by atoms with Crippen LogP contribution in [0.2, 0.25) is 0 Å². The molecule has 98 valence electrons. The van der Waals surface area contributed by atoms with Crippen molar-refractivity contribution in [3.05, 3.63) is 52.2 Å². The predicted octanol–water partition coefficient (Wildman–Crippen LogP) is 0.518. The molecule has 2 heterocycles. The molecule has 0 radical (unpaired) electrons. The fourth-order valence-electron chi connectivity index (χ4n) is 1.51. The molecule has 2 aromatic rings. The van der Waals surface area contributed by atoms with Crippen LogP contribution in [0.25, 0.3) is 0 Å². The highest BCUT2D eigenvalue weighted by atomic mass is 16.4. The molecular formula is C12H12N4O3. The molecule has 0 saturated heterocycles. The van der Waals surface area contributed by atoms with Crippen LogP contribution >= 0.6 is 0 Å². The molecule has 0 bridgehead atoms. The highest BCUT2D eigenvalue weighted by molar-refractivity contribution is 5.86. The summed E-state index contributed by atoms with van der Waals surface area (Å²) in [5.41, 5.74) is 0.0561. The fraction of sp³-hybridized carbons (Fsp3) is 0.167. The molecule has 0 fully saturated rings. The van der Waals surface area contributed by atoms with Crippen LogP contribution in [0.5, 0.6) is 0 Å². The minimum Gasteiger partial charge on any atom is -0.477 e. The van der Waals surface area contributed by atoms with Gasteiger partial charge in [0, 0.05) is 18.9 Å². The maximum atomic E-state index is 11.4. The van der Waals surface area contributed by atoms with Crippen molar-refractivity contribution < 1.29 is 9.90 Å². The Morgan fingerprint density at radius 1 is 1.37 bits per heavy atom. The summed E-state index contributed by atoms with van der Waals surface area (Å²) in [5.74, 6) is -1.04. The predicted molar refractivity (Wildman–Crippen MR) is 68.2 cm³/mol. The van der Waals surface area contributed by atoms with Crippen LogP contribution in [0.1, 0.15) is 15.9 Å². The first kappa shape index (κ1) is 12.7. The number of carboxylic acid groups (broad SMARTS) is 1. The van der Waals surface area contributed by atoms with Gasteiger partial charge >= 0.3 is 5.97 Å². The quantitative estimate of drug-likeness (QED) is 0.723. The zero-order valence-electron chi connectivity index (χ0n) is 9.96. The Kier molecular flexibility index (Phi) is 3.87. The second kappa shape index (κ2) is 5.76. The lowest BCUT2D eigenvalue weighted by atomic mass is 10.2. The van der Waals surface area contributed by atoms with Gasteiger partial charge in [0.2, 0.25) is 5.95 Å². The molecule has 0 unspecified atom stereocenters. The van der Waals surface area contributed by atoms with E-state index in [-0.39, 0.29) is 11.5 Å². The number of aromatic nitrogens is 3. The van der Waals surface area contributed by atoms with Crippen LogP contribution in [-0.2, 0) is 6.42 Å². The van der Waals surface area contributed by atoms with Gasteiger partial charge in [0.25, 0.3) is 5.56 Å². The van der Waals surface area contributed by atoms with E-state index in [2.05, 4.69) is 20.3 Å². The third kappa shape index (κ3) is 3.38. The molecule has 0 amide bonds. The standard InChI is InChI=1S/C12H12N4O3/c17-10-9(11(18)19)7-15-12(16-10)14-6-3-8-1-4-13-5-2-8/h1-2,4-5,7H,3,6H2,(H,18,19)(H2,14,15,16,17). The highest BCUT2D eigenvalue weighted by Gasteiger charge is 2.09. The molecule has 7 heteroatoms. The molecule has 0 aliphatic rings. The Morgan fingerprint density at radius 3 is 2.74 bits per heavy atom. The molecule has 7 nitrogen and oxygen atoms in total. The molecule has 0 aromatic carbocycles. The molecule has 2 rings (SSSR count). The molecule has 0 saturated carbocycles. The van der Waals surface area contributed by atoms with E-state index in [1.807, 2.05) is 12.1 Å². The summed E-state index contributed by atoms with van der Waals surface area (Å²) in [4.78, 5) is 32.2. The van der Waals surface area contributed by atoms with Gasteiger partial charge in [-0.15, -0.1) is 0 Å². The van der Waals surface area contributed by atoms with Crippen molar-refractivity contribution in [3.63, 3.8) is 0 Å². The third-order valence-corrected chi connectivity index (χ3v) is 2.49. The number of carboxylic acids is 1. The maximum absolute atomic E-state index is 11.4. The van der Waals surface area contributed by atoms with E-state index in [4.69, 9.17) is 5.11 Å². The van der Waals surface area contributed by atoms with Gasteiger partial charge in [-0.25, -0.2) is 9.78 Å². The number of rotatable bonds is 5. The Balaban J connectivity index is 1.95. The summed E-state index contributed by atoms with van der Waals surface area (Å²) >= 11 is 0. The SMILES string of the molecule is O=C(O)c1cnc(NCCc2ccncc2)[nH]c1=O. The van der Waals surface area contributed by atoms with E-state index in [1.54, 1.807) is 12.4 Å². The monoisotopic (exact) mass is 260 g/mol. The lowest BCUT2D eigenvalue weighted by molar-refractivity contribution is 0.0694. The first-order valence-electron chi connectivity index (χ1n) is 5.62. The average molecular weight is 260 g/mol. The second-order valence-electron chi connectivity index (χ2n) is 3.81. The zero-order valence-corrected chi connectivity index (χ0v) is 9.96. The minimum absolute atomic E-state index is 0.254. The normalized spacial score (nSPS) is 10.1. The molecule has 0 spiro atoms. The van der Waals surface area contributed by atoms with Gasteiger partial charge in [-0.05, 0) is 24.1 Å². The van der Waals surface area contributed by atoms with E-state index in [0.29, 0.717) is 6.54 Å². The van der Waals surface area contributed by atoms with Crippen LogP contribution < -0.4 is 10.9 Å².